The number of anilines is 1. The smallest absolute Gasteiger partial charge is 0.122 e. The van der Waals surface area contributed by atoms with Gasteiger partial charge in [0.15, 0.2) is 0 Å². The summed E-state index contributed by atoms with van der Waals surface area (Å²) in [5.74, 6) is 0. The molecule has 1 heterocycles. The van der Waals surface area contributed by atoms with E-state index in [1.165, 1.54) is 32.1 Å². The predicted molar refractivity (Wildman–Crippen MR) is 79.8 cm³/mol. The van der Waals surface area contributed by atoms with E-state index in [9.17, 15) is 0 Å². The van der Waals surface area contributed by atoms with Crippen LogP contribution < -0.4 is 11.1 Å². The van der Waals surface area contributed by atoms with E-state index >= 15 is 0 Å². The van der Waals surface area contributed by atoms with E-state index in [0.717, 1.165) is 12.2 Å². The Labute approximate surface area is 114 Å². The normalized spacial score (nSPS) is 17.6. The van der Waals surface area contributed by atoms with Crippen molar-refractivity contribution in [2.24, 2.45) is 11.1 Å². The molecule has 0 atom stereocenters. The molecule has 0 saturated heterocycles. The fourth-order valence-corrected chi connectivity index (χ4v) is 2.86. The van der Waals surface area contributed by atoms with Crippen LogP contribution in [0.25, 0.3) is 0 Å². The number of thiocarbonyl (C=S) groups is 1. The van der Waals surface area contributed by atoms with Crippen molar-refractivity contribution in [1.82, 2.24) is 4.98 Å². The highest BCUT2D eigenvalue weighted by molar-refractivity contribution is 7.80. The molecule has 0 bridgehead atoms. The minimum absolute atomic E-state index is 0.352. The lowest BCUT2D eigenvalue weighted by molar-refractivity contribution is 0.307. The lowest BCUT2D eigenvalue weighted by Crippen LogP contribution is -2.26. The fourth-order valence-electron chi connectivity index (χ4n) is 2.75. The zero-order valence-corrected chi connectivity index (χ0v) is 11.7. The number of nitrogens with zero attached hydrogens (tertiary/aromatic N) is 1. The molecule has 1 saturated carbocycles. The van der Waals surface area contributed by atoms with Gasteiger partial charge in [-0.3, -0.25) is 4.98 Å². The van der Waals surface area contributed by atoms with E-state index in [4.69, 9.17) is 18.0 Å². The highest BCUT2D eigenvalue weighted by atomic mass is 32.1. The second-order valence-electron chi connectivity index (χ2n) is 5.21. The van der Waals surface area contributed by atoms with Gasteiger partial charge in [-0.05, 0) is 36.8 Å². The molecule has 0 spiro atoms. The highest BCUT2D eigenvalue weighted by Crippen LogP contribution is 2.40. The van der Waals surface area contributed by atoms with E-state index in [1.807, 2.05) is 12.1 Å². The molecule has 2 rings (SSSR count). The average Bonchev–Trinajstić information content (AvgIpc) is 2.86. The van der Waals surface area contributed by atoms with Gasteiger partial charge < -0.3 is 11.1 Å². The van der Waals surface area contributed by atoms with Crippen molar-refractivity contribution in [3.05, 3.63) is 24.0 Å². The summed E-state index contributed by atoms with van der Waals surface area (Å²) < 4.78 is 0. The summed E-state index contributed by atoms with van der Waals surface area (Å²) in [6, 6.07) is 3.90. The van der Waals surface area contributed by atoms with Crippen LogP contribution in [0.3, 0.4) is 0 Å². The molecule has 98 valence electrons. The summed E-state index contributed by atoms with van der Waals surface area (Å²) >= 11 is 4.95. The standard InChI is InChI=1S/C14H21N3S/c1-2-14(6-3-4-7-14)10-17-11-5-8-16-12(9-11)13(15)18/h5,8-9H,2-4,6-7,10H2,1H3,(H2,15,18)(H,16,17). The summed E-state index contributed by atoms with van der Waals surface area (Å²) in [6.45, 7) is 3.32. The molecule has 0 aromatic carbocycles. The molecule has 18 heavy (non-hydrogen) atoms. The van der Waals surface area contributed by atoms with Crippen LogP contribution >= 0.6 is 12.2 Å². The lowest BCUT2D eigenvalue weighted by atomic mass is 9.83. The molecule has 0 unspecified atom stereocenters. The third-order valence-electron chi connectivity index (χ3n) is 4.09. The number of nitrogens with one attached hydrogen (secondary N) is 1. The Morgan fingerprint density at radius 2 is 2.22 bits per heavy atom. The Kier molecular flexibility index (Phi) is 4.17. The average molecular weight is 263 g/mol. The Balaban J connectivity index is 2.01. The Bertz CT molecular complexity index is 425. The molecular formula is C14H21N3S. The first-order valence-corrected chi connectivity index (χ1v) is 7.06. The van der Waals surface area contributed by atoms with Crippen LogP contribution in [0.4, 0.5) is 5.69 Å². The maximum Gasteiger partial charge on any atom is 0.122 e. The third-order valence-corrected chi connectivity index (χ3v) is 4.30. The van der Waals surface area contributed by atoms with Crippen molar-refractivity contribution in [3.8, 4) is 0 Å². The van der Waals surface area contributed by atoms with Crippen molar-refractivity contribution in [1.29, 1.82) is 0 Å². The molecule has 1 aliphatic rings. The van der Waals surface area contributed by atoms with Gasteiger partial charge in [0.2, 0.25) is 0 Å². The van der Waals surface area contributed by atoms with Crippen LogP contribution in [-0.4, -0.2) is 16.5 Å². The highest BCUT2D eigenvalue weighted by Gasteiger charge is 2.31. The topological polar surface area (TPSA) is 50.9 Å². The first kappa shape index (κ1) is 13.3. The van der Waals surface area contributed by atoms with Crippen LogP contribution in [0.2, 0.25) is 0 Å². The number of rotatable bonds is 5. The van der Waals surface area contributed by atoms with Gasteiger partial charge in [0.1, 0.15) is 4.99 Å². The fraction of sp³-hybridized carbons (Fsp3) is 0.571. The summed E-state index contributed by atoms with van der Waals surface area (Å²) in [7, 11) is 0. The Morgan fingerprint density at radius 3 is 2.83 bits per heavy atom. The molecule has 0 aliphatic heterocycles. The van der Waals surface area contributed by atoms with Gasteiger partial charge in [0.25, 0.3) is 0 Å². The van der Waals surface area contributed by atoms with Crippen molar-refractivity contribution < 1.29 is 0 Å². The van der Waals surface area contributed by atoms with Crippen molar-refractivity contribution in [2.45, 2.75) is 39.0 Å². The number of pyridine rings is 1. The van der Waals surface area contributed by atoms with E-state index in [1.54, 1.807) is 6.20 Å². The largest absolute Gasteiger partial charge is 0.388 e. The van der Waals surface area contributed by atoms with Crippen LogP contribution in [0.15, 0.2) is 18.3 Å². The minimum atomic E-state index is 0.352. The maximum atomic E-state index is 5.59. The molecule has 1 aliphatic carbocycles. The van der Waals surface area contributed by atoms with Gasteiger partial charge in [0.05, 0.1) is 5.69 Å². The van der Waals surface area contributed by atoms with E-state index in [0.29, 0.717) is 16.1 Å². The van der Waals surface area contributed by atoms with Crippen molar-refractivity contribution in [2.75, 3.05) is 11.9 Å². The molecule has 3 N–H and O–H groups in total. The molecule has 3 nitrogen and oxygen atoms in total. The summed E-state index contributed by atoms with van der Waals surface area (Å²) in [4.78, 5) is 4.50. The van der Waals surface area contributed by atoms with Gasteiger partial charge in [-0.25, -0.2) is 0 Å². The number of hydrogen-bond donors (Lipinski definition) is 2. The Morgan fingerprint density at radius 1 is 1.50 bits per heavy atom. The molecule has 4 heteroatoms. The SMILES string of the molecule is CCC1(CNc2ccnc(C(N)=S)c2)CCCC1. The van der Waals surface area contributed by atoms with Crippen LogP contribution in [0.1, 0.15) is 44.7 Å². The molecule has 1 aromatic heterocycles. The number of nitrogens with two attached hydrogens (primary N) is 1. The maximum absolute atomic E-state index is 5.59. The number of hydrogen-bond acceptors (Lipinski definition) is 3. The van der Waals surface area contributed by atoms with Crippen molar-refractivity contribution >= 4 is 22.9 Å². The van der Waals surface area contributed by atoms with Crippen LogP contribution in [0, 0.1) is 5.41 Å². The molecular weight excluding hydrogens is 242 g/mol. The monoisotopic (exact) mass is 263 g/mol. The Hall–Kier alpha value is -1.16. The predicted octanol–water partition coefficient (Wildman–Crippen LogP) is 3.10. The van der Waals surface area contributed by atoms with E-state index in [-0.39, 0.29) is 0 Å². The lowest BCUT2D eigenvalue weighted by Gasteiger charge is -2.28. The third kappa shape index (κ3) is 2.99. The summed E-state index contributed by atoms with van der Waals surface area (Å²) in [6.07, 6.45) is 8.40. The summed E-state index contributed by atoms with van der Waals surface area (Å²) in [5.41, 5.74) is 7.82. The number of aromatic nitrogens is 1. The van der Waals surface area contributed by atoms with Gasteiger partial charge >= 0.3 is 0 Å². The minimum Gasteiger partial charge on any atom is -0.388 e. The first-order valence-electron chi connectivity index (χ1n) is 6.65. The second kappa shape index (κ2) is 5.65. The van der Waals surface area contributed by atoms with Gasteiger partial charge in [-0.1, -0.05) is 32.0 Å². The van der Waals surface area contributed by atoms with E-state index < -0.39 is 0 Å². The quantitative estimate of drug-likeness (QED) is 0.802. The van der Waals surface area contributed by atoms with Crippen LogP contribution in [-0.2, 0) is 0 Å². The molecule has 1 fully saturated rings. The first-order chi connectivity index (χ1) is 8.65. The van der Waals surface area contributed by atoms with Gasteiger partial charge in [-0.2, -0.15) is 0 Å². The summed E-state index contributed by atoms with van der Waals surface area (Å²) in [5, 5.41) is 3.52. The van der Waals surface area contributed by atoms with Crippen molar-refractivity contribution in [3.63, 3.8) is 0 Å². The second-order valence-corrected chi connectivity index (χ2v) is 5.65. The molecule has 0 radical (unpaired) electrons. The van der Waals surface area contributed by atoms with Gasteiger partial charge in [-0.15, -0.1) is 0 Å². The molecule has 0 amide bonds. The van der Waals surface area contributed by atoms with E-state index in [2.05, 4.69) is 17.2 Å². The zero-order chi connectivity index (χ0) is 13.0. The van der Waals surface area contributed by atoms with Gasteiger partial charge in [0, 0.05) is 18.4 Å². The zero-order valence-electron chi connectivity index (χ0n) is 10.9. The molecule has 1 aromatic rings. The van der Waals surface area contributed by atoms with Crippen LogP contribution in [0.5, 0.6) is 0 Å².